The summed E-state index contributed by atoms with van der Waals surface area (Å²) in [7, 11) is 0. The Kier molecular flexibility index (Phi) is 2.68. The quantitative estimate of drug-likeness (QED) is 0.518. The zero-order valence-electron chi connectivity index (χ0n) is 6.08. The van der Waals surface area contributed by atoms with Crippen molar-refractivity contribution in [3.05, 3.63) is 46.3 Å². The maximum atomic E-state index is 5.27. The van der Waals surface area contributed by atoms with Crippen LogP contribution in [0.25, 0.3) is 0 Å². The van der Waals surface area contributed by atoms with Crippen molar-refractivity contribution >= 4 is 0 Å². The van der Waals surface area contributed by atoms with Crippen molar-refractivity contribution in [2.75, 3.05) is 6.61 Å². The summed E-state index contributed by atoms with van der Waals surface area (Å²) in [6.45, 7) is 2.71. The third-order valence-corrected chi connectivity index (χ3v) is 1.17. The molecule has 0 heterocycles. The van der Waals surface area contributed by atoms with Gasteiger partial charge in [0.25, 0.3) is 6.61 Å². The number of rotatable bonds is 1. The zero-order valence-corrected chi connectivity index (χ0v) is 6.08. The second-order valence-electron chi connectivity index (χ2n) is 1.94. The lowest BCUT2D eigenvalue weighted by Crippen LogP contribution is -1.95. The number of hydrogen-bond donors (Lipinski definition) is 0. The Balaban J connectivity index is 3.10. The standard InChI is InChI=1S/C9H11O/c1-2-10-9-7-5-3-4-6-8-9/h3-8H,2H2,1H3/q+1. The summed E-state index contributed by atoms with van der Waals surface area (Å²) < 4.78 is 5.27. The van der Waals surface area contributed by atoms with E-state index in [-0.39, 0.29) is 0 Å². The molecule has 1 nitrogen and oxygen atoms in total. The lowest BCUT2D eigenvalue weighted by atomic mass is 10.5. The summed E-state index contributed by atoms with van der Waals surface area (Å²) in [5.41, 5.74) is 0.924. The third-order valence-electron chi connectivity index (χ3n) is 1.17. The first-order valence-corrected chi connectivity index (χ1v) is 3.44. The molecule has 0 fully saturated rings. The molecule has 0 radical (unpaired) electrons. The lowest BCUT2D eigenvalue weighted by molar-refractivity contribution is 1.25. The average molecular weight is 135 g/mol. The highest BCUT2D eigenvalue weighted by Gasteiger charge is 1.84. The van der Waals surface area contributed by atoms with Gasteiger partial charge in [0.15, 0.2) is 0 Å². The van der Waals surface area contributed by atoms with Gasteiger partial charge < -0.3 is 0 Å². The summed E-state index contributed by atoms with van der Waals surface area (Å²) >= 11 is 0. The van der Waals surface area contributed by atoms with E-state index in [4.69, 9.17) is 4.42 Å². The smallest absolute Gasteiger partial charge is 0.255 e. The van der Waals surface area contributed by atoms with Crippen molar-refractivity contribution in [1.29, 1.82) is 0 Å². The Labute approximate surface area is 60.7 Å². The Morgan fingerprint density at radius 3 is 2.20 bits per heavy atom. The van der Waals surface area contributed by atoms with E-state index in [0.29, 0.717) is 0 Å². The molecule has 0 spiro atoms. The largest absolute Gasteiger partial charge is 0.343 e. The second kappa shape index (κ2) is 3.83. The normalized spacial score (nSPS) is 8.90. The molecule has 0 atom stereocenters. The minimum Gasteiger partial charge on any atom is -0.255 e. The van der Waals surface area contributed by atoms with Crippen LogP contribution in [-0.4, -0.2) is 6.61 Å². The number of hydrogen-bond acceptors (Lipinski definition) is 0. The van der Waals surface area contributed by atoms with Gasteiger partial charge in [0.1, 0.15) is 0 Å². The molecule has 1 aromatic rings. The van der Waals surface area contributed by atoms with Gasteiger partial charge in [0.2, 0.25) is 0 Å². The molecule has 0 aliphatic carbocycles. The van der Waals surface area contributed by atoms with E-state index in [1.807, 2.05) is 43.3 Å². The summed E-state index contributed by atoms with van der Waals surface area (Å²) in [6, 6.07) is 11.8. The molecule has 1 aromatic carbocycles. The van der Waals surface area contributed by atoms with Gasteiger partial charge in [-0.1, -0.05) is 24.3 Å². The fourth-order valence-corrected chi connectivity index (χ4v) is 0.748. The van der Waals surface area contributed by atoms with Crippen LogP contribution in [0, 0.1) is 0 Å². The molecule has 0 aliphatic heterocycles. The summed E-state index contributed by atoms with van der Waals surface area (Å²) in [5, 5.41) is 0. The van der Waals surface area contributed by atoms with Crippen LogP contribution in [0.15, 0.2) is 40.8 Å². The SMILES string of the molecule is CC[O+]=c1cccccc1. The van der Waals surface area contributed by atoms with Crippen molar-refractivity contribution in [2.24, 2.45) is 0 Å². The highest BCUT2D eigenvalue weighted by molar-refractivity contribution is 5.01. The molecule has 0 saturated carbocycles. The van der Waals surface area contributed by atoms with Gasteiger partial charge in [-0.25, -0.2) is 0 Å². The van der Waals surface area contributed by atoms with Crippen LogP contribution in [0.3, 0.4) is 0 Å². The highest BCUT2D eigenvalue weighted by Crippen LogP contribution is 1.76. The summed E-state index contributed by atoms with van der Waals surface area (Å²) in [5.74, 6) is 0. The van der Waals surface area contributed by atoms with Gasteiger partial charge in [-0.15, -0.1) is 0 Å². The van der Waals surface area contributed by atoms with E-state index in [9.17, 15) is 0 Å². The fraction of sp³-hybridized carbons (Fsp3) is 0.222. The topological polar surface area (TPSA) is 11.3 Å². The second-order valence-corrected chi connectivity index (χ2v) is 1.94. The van der Waals surface area contributed by atoms with E-state index in [2.05, 4.69) is 0 Å². The van der Waals surface area contributed by atoms with Crippen molar-refractivity contribution in [2.45, 2.75) is 6.92 Å². The Morgan fingerprint density at radius 1 is 1.10 bits per heavy atom. The molecule has 1 heteroatoms. The molecule has 0 bridgehead atoms. The van der Waals surface area contributed by atoms with Crippen LogP contribution >= 0.6 is 0 Å². The first-order valence-electron chi connectivity index (χ1n) is 3.44. The van der Waals surface area contributed by atoms with Gasteiger partial charge in [-0.3, -0.25) is 4.42 Å². The van der Waals surface area contributed by atoms with Crippen LogP contribution in [0.4, 0.5) is 0 Å². The van der Waals surface area contributed by atoms with Crippen LogP contribution in [0.2, 0.25) is 0 Å². The predicted octanol–water partition coefficient (Wildman–Crippen LogP) is 1.60. The fourth-order valence-electron chi connectivity index (χ4n) is 0.748. The van der Waals surface area contributed by atoms with Crippen molar-refractivity contribution < 1.29 is 0 Å². The maximum Gasteiger partial charge on any atom is 0.343 e. The van der Waals surface area contributed by atoms with Crippen LogP contribution in [0.1, 0.15) is 6.92 Å². The first-order chi connectivity index (χ1) is 4.93. The lowest BCUT2D eigenvalue weighted by Gasteiger charge is -1.63. The predicted molar refractivity (Wildman–Crippen MR) is 43.3 cm³/mol. The molecule has 0 unspecified atom stereocenters. The molecule has 0 amide bonds. The minimum atomic E-state index is 0.726. The van der Waals surface area contributed by atoms with E-state index in [0.717, 1.165) is 12.0 Å². The molecule has 0 saturated heterocycles. The molecule has 10 heavy (non-hydrogen) atoms. The van der Waals surface area contributed by atoms with Crippen LogP contribution in [-0.2, 0) is 0 Å². The Bertz CT molecular complexity index is 231. The van der Waals surface area contributed by atoms with E-state index >= 15 is 0 Å². The summed E-state index contributed by atoms with van der Waals surface area (Å²) in [6.07, 6.45) is 0. The van der Waals surface area contributed by atoms with Gasteiger partial charge in [-0.05, 0) is 0 Å². The monoisotopic (exact) mass is 135 g/mol. The van der Waals surface area contributed by atoms with Crippen LogP contribution in [0.5, 0.6) is 0 Å². The van der Waals surface area contributed by atoms with E-state index < -0.39 is 0 Å². The maximum absolute atomic E-state index is 5.27. The van der Waals surface area contributed by atoms with Crippen molar-refractivity contribution in [3.8, 4) is 0 Å². The van der Waals surface area contributed by atoms with Crippen molar-refractivity contribution in [3.63, 3.8) is 0 Å². The van der Waals surface area contributed by atoms with Gasteiger partial charge in [0, 0.05) is 19.1 Å². The van der Waals surface area contributed by atoms with Crippen LogP contribution < -0.4 is 5.43 Å². The minimum absolute atomic E-state index is 0.726. The van der Waals surface area contributed by atoms with Gasteiger partial charge in [-0.2, -0.15) is 0 Å². The Morgan fingerprint density at radius 2 is 1.70 bits per heavy atom. The van der Waals surface area contributed by atoms with E-state index in [1.54, 1.807) is 0 Å². The Hall–Kier alpha value is -1.11. The zero-order chi connectivity index (χ0) is 7.23. The van der Waals surface area contributed by atoms with Crippen molar-refractivity contribution in [1.82, 2.24) is 0 Å². The first kappa shape index (κ1) is 7.00. The molecular weight excluding hydrogens is 124 g/mol. The molecule has 0 aliphatic rings. The highest BCUT2D eigenvalue weighted by atomic mass is 16.4. The molecule has 52 valence electrons. The van der Waals surface area contributed by atoms with Gasteiger partial charge in [0.05, 0.1) is 0 Å². The average Bonchev–Trinajstić information content (AvgIpc) is 2.17. The third kappa shape index (κ3) is 2.02. The molecule has 1 rings (SSSR count). The van der Waals surface area contributed by atoms with E-state index in [1.165, 1.54) is 0 Å². The molecule has 0 aromatic heterocycles. The van der Waals surface area contributed by atoms with Gasteiger partial charge >= 0.3 is 5.43 Å². The molecular formula is C9H11O+. The summed E-state index contributed by atoms with van der Waals surface area (Å²) in [4.78, 5) is 0. The molecule has 0 N–H and O–H groups in total.